The summed E-state index contributed by atoms with van der Waals surface area (Å²) in [5.74, 6) is 0.0897. The molecule has 0 bridgehead atoms. The molecule has 2 atom stereocenters. The lowest BCUT2D eigenvalue weighted by atomic mass is 9.95. The molecular weight excluding hydrogens is 218 g/mol. The smallest absolute Gasteiger partial charge is 0.255 e. The third-order valence-corrected chi connectivity index (χ3v) is 3.15. The van der Waals surface area contributed by atoms with E-state index in [1.807, 2.05) is 0 Å². The maximum Gasteiger partial charge on any atom is 0.255 e. The highest BCUT2D eigenvalue weighted by Gasteiger charge is 2.23. The molecule has 1 amide bonds. The monoisotopic (exact) mass is 235 g/mol. The van der Waals surface area contributed by atoms with Crippen LogP contribution in [0.25, 0.3) is 0 Å². The molecule has 0 saturated carbocycles. The number of aromatic hydroxyl groups is 1. The fourth-order valence-electron chi connectivity index (χ4n) is 2.05. The van der Waals surface area contributed by atoms with Gasteiger partial charge in [0.1, 0.15) is 5.75 Å². The molecule has 92 valence electrons. The van der Waals surface area contributed by atoms with E-state index >= 15 is 0 Å². The molecule has 17 heavy (non-hydrogen) atoms. The third-order valence-electron chi connectivity index (χ3n) is 3.15. The van der Waals surface area contributed by atoms with Gasteiger partial charge in [-0.2, -0.15) is 0 Å². The Morgan fingerprint density at radius 1 is 1.65 bits per heavy atom. The van der Waals surface area contributed by atoms with E-state index in [9.17, 15) is 9.90 Å². The molecule has 0 spiro atoms. The number of nitrogens with one attached hydrogen (secondary N) is 2. The van der Waals surface area contributed by atoms with E-state index in [0.29, 0.717) is 5.92 Å². The van der Waals surface area contributed by atoms with Crippen molar-refractivity contribution in [1.82, 2.24) is 15.6 Å². The van der Waals surface area contributed by atoms with Crippen LogP contribution in [0.3, 0.4) is 0 Å². The number of nitrogens with zero attached hydrogens (tertiary/aromatic N) is 1. The Balaban J connectivity index is 2.04. The average molecular weight is 235 g/mol. The van der Waals surface area contributed by atoms with Crippen LogP contribution in [0.2, 0.25) is 0 Å². The van der Waals surface area contributed by atoms with Gasteiger partial charge in [-0.05, 0) is 31.5 Å². The number of rotatable bonds is 2. The Labute approximate surface area is 100 Å². The molecule has 1 aromatic heterocycles. The largest absolute Gasteiger partial charge is 0.505 e. The Kier molecular flexibility index (Phi) is 3.58. The van der Waals surface area contributed by atoms with Gasteiger partial charge in [0.15, 0.2) is 0 Å². The van der Waals surface area contributed by atoms with Crippen molar-refractivity contribution in [2.45, 2.75) is 19.4 Å². The van der Waals surface area contributed by atoms with Gasteiger partial charge in [-0.25, -0.2) is 0 Å². The number of hydrogen-bond donors (Lipinski definition) is 3. The van der Waals surface area contributed by atoms with E-state index in [0.717, 1.165) is 19.5 Å². The first-order chi connectivity index (χ1) is 8.18. The van der Waals surface area contributed by atoms with Crippen molar-refractivity contribution in [2.75, 3.05) is 13.1 Å². The van der Waals surface area contributed by atoms with Crippen LogP contribution >= 0.6 is 0 Å². The molecule has 0 radical (unpaired) electrons. The standard InChI is InChI=1S/C12H17N3O2/c1-8-6-13-5-3-10(8)15-12(17)9-2-4-14-7-11(9)16/h2,4,7-8,10,13,16H,3,5-6H2,1H3,(H,15,17). The predicted octanol–water partition coefficient (Wildman–Crippen LogP) is 0.515. The van der Waals surface area contributed by atoms with Crippen molar-refractivity contribution in [3.63, 3.8) is 0 Å². The first-order valence-corrected chi connectivity index (χ1v) is 5.83. The molecule has 1 fully saturated rings. The van der Waals surface area contributed by atoms with Gasteiger partial charge in [-0.3, -0.25) is 9.78 Å². The molecule has 3 N–H and O–H groups in total. The quantitative estimate of drug-likeness (QED) is 0.698. The van der Waals surface area contributed by atoms with Crippen LogP contribution in [0.4, 0.5) is 0 Å². The minimum atomic E-state index is -0.233. The summed E-state index contributed by atoms with van der Waals surface area (Å²) in [6.45, 7) is 3.93. The van der Waals surface area contributed by atoms with Crippen molar-refractivity contribution in [1.29, 1.82) is 0 Å². The van der Waals surface area contributed by atoms with Crippen LogP contribution in [0.15, 0.2) is 18.5 Å². The number of hydrogen-bond acceptors (Lipinski definition) is 4. The van der Waals surface area contributed by atoms with E-state index in [1.54, 1.807) is 0 Å². The Morgan fingerprint density at radius 2 is 2.47 bits per heavy atom. The van der Waals surface area contributed by atoms with Gasteiger partial charge in [-0.15, -0.1) is 0 Å². The lowest BCUT2D eigenvalue weighted by Gasteiger charge is -2.30. The van der Waals surface area contributed by atoms with Crippen LogP contribution in [0.5, 0.6) is 5.75 Å². The molecule has 1 aliphatic rings. The summed E-state index contributed by atoms with van der Waals surface area (Å²) < 4.78 is 0. The normalized spacial score (nSPS) is 24.3. The number of aromatic nitrogens is 1. The van der Waals surface area contributed by atoms with Gasteiger partial charge in [0.2, 0.25) is 0 Å². The SMILES string of the molecule is CC1CNCCC1NC(=O)c1ccncc1O. The molecule has 2 rings (SSSR count). The second-order valence-corrected chi connectivity index (χ2v) is 4.44. The van der Waals surface area contributed by atoms with E-state index in [-0.39, 0.29) is 23.3 Å². The molecule has 2 heterocycles. The molecule has 1 saturated heterocycles. The fourth-order valence-corrected chi connectivity index (χ4v) is 2.05. The molecule has 1 aliphatic heterocycles. The third kappa shape index (κ3) is 2.74. The van der Waals surface area contributed by atoms with Crippen molar-refractivity contribution in [3.05, 3.63) is 24.0 Å². The Bertz CT molecular complexity index is 408. The number of pyridine rings is 1. The average Bonchev–Trinajstić information content (AvgIpc) is 2.32. The molecule has 0 aliphatic carbocycles. The Morgan fingerprint density at radius 3 is 3.18 bits per heavy atom. The van der Waals surface area contributed by atoms with Crippen LogP contribution in [0, 0.1) is 5.92 Å². The number of carbonyl (C=O) groups excluding carboxylic acids is 1. The lowest BCUT2D eigenvalue weighted by molar-refractivity contribution is 0.0911. The zero-order chi connectivity index (χ0) is 12.3. The summed E-state index contributed by atoms with van der Waals surface area (Å²) in [7, 11) is 0. The minimum Gasteiger partial charge on any atom is -0.505 e. The first-order valence-electron chi connectivity index (χ1n) is 5.83. The highest BCUT2D eigenvalue weighted by atomic mass is 16.3. The van der Waals surface area contributed by atoms with E-state index < -0.39 is 0 Å². The van der Waals surface area contributed by atoms with Crippen LogP contribution in [0.1, 0.15) is 23.7 Å². The number of amides is 1. The summed E-state index contributed by atoms with van der Waals surface area (Å²) in [6.07, 6.45) is 3.69. The lowest BCUT2D eigenvalue weighted by Crippen LogP contribution is -2.48. The zero-order valence-electron chi connectivity index (χ0n) is 9.81. The van der Waals surface area contributed by atoms with Gasteiger partial charge < -0.3 is 15.7 Å². The summed E-state index contributed by atoms with van der Waals surface area (Å²) in [5.41, 5.74) is 0.283. The predicted molar refractivity (Wildman–Crippen MR) is 63.8 cm³/mol. The highest BCUT2D eigenvalue weighted by molar-refractivity contribution is 5.96. The topological polar surface area (TPSA) is 74.2 Å². The maximum absolute atomic E-state index is 12.0. The van der Waals surface area contributed by atoms with Gasteiger partial charge in [0, 0.05) is 12.2 Å². The number of piperidine rings is 1. The van der Waals surface area contributed by atoms with Crippen molar-refractivity contribution < 1.29 is 9.90 Å². The molecule has 2 unspecified atom stereocenters. The van der Waals surface area contributed by atoms with Gasteiger partial charge >= 0.3 is 0 Å². The highest BCUT2D eigenvalue weighted by Crippen LogP contribution is 2.16. The van der Waals surface area contributed by atoms with Crippen molar-refractivity contribution >= 4 is 5.91 Å². The molecule has 0 aromatic carbocycles. The van der Waals surface area contributed by atoms with E-state index in [2.05, 4.69) is 22.5 Å². The molecule has 5 nitrogen and oxygen atoms in total. The van der Waals surface area contributed by atoms with E-state index in [1.165, 1.54) is 18.5 Å². The summed E-state index contributed by atoms with van der Waals surface area (Å²) in [4.78, 5) is 15.7. The second-order valence-electron chi connectivity index (χ2n) is 4.44. The fraction of sp³-hybridized carbons (Fsp3) is 0.500. The molecule has 5 heteroatoms. The van der Waals surface area contributed by atoms with Gasteiger partial charge in [0.25, 0.3) is 5.91 Å². The van der Waals surface area contributed by atoms with Crippen molar-refractivity contribution in [3.8, 4) is 5.75 Å². The summed E-state index contributed by atoms with van der Waals surface area (Å²) in [5, 5.41) is 15.8. The van der Waals surface area contributed by atoms with E-state index in [4.69, 9.17) is 0 Å². The summed E-state index contributed by atoms with van der Waals surface area (Å²) >= 11 is 0. The first kappa shape index (κ1) is 11.9. The van der Waals surface area contributed by atoms with Gasteiger partial charge in [-0.1, -0.05) is 6.92 Å². The molecule has 1 aromatic rings. The number of carbonyl (C=O) groups is 1. The zero-order valence-corrected chi connectivity index (χ0v) is 9.81. The van der Waals surface area contributed by atoms with Crippen LogP contribution in [-0.4, -0.2) is 35.1 Å². The maximum atomic E-state index is 12.0. The second kappa shape index (κ2) is 5.14. The molecular formula is C12H17N3O2. The van der Waals surface area contributed by atoms with Crippen LogP contribution in [-0.2, 0) is 0 Å². The van der Waals surface area contributed by atoms with Gasteiger partial charge in [0.05, 0.1) is 11.8 Å². The van der Waals surface area contributed by atoms with Crippen molar-refractivity contribution in [2.24, 2.45) is 5.92 Å². The summed E-state index contributed by atoms with van der Waals surface area (Å²) in [6, 6.07) is 1.69. The minimum absolute atomic E-state index is 0.0772. The van der Waals surface area contributed by atoms with Crippen LogP contribution < -0.4 is 10.6 Å². The Hall–Kier alpha value is -1.62.